The normalized spacial score (nSPS) is 18.8. The Labute approximate surface area is 126 Å². The number of nitrogens with one attached hydrogen (secondary N) is 1. The van der Waals surface area contributed by atoms with Crippen LogP contribution in [0.1, 0.15) is 30.9 Å². The van der Waals surface area contributed by atoms with Crippen LogP contribution < -0.4 is 11.1 Å². The van der Waals surface area contributed by atoms with E-state index in [2.05, 4.69) is 33.4 Å². The number of allylic oxidation sites excluding steroid dienone is 2. The Kier molecular flexibility index (Phi) is 4.95. The highest BCUT2D eigenvalue weighted by Crippen LogP contribution is 2.22. The molecule has 20 heavy (non-hydrogen) atoms. The molecule has 0 spiro atoms. The van der Waals surface area contributed by atoms with Gasteiger partial charge in [0.15, 0.2) is 0 Å². The smallest absolute Gasteiger partial charge is 0.244 e. The zero-order chi connectivity index (χ0) is 14.5. The SMILES string of the molecule is NC(=O)C(NC(=O)CC1C=CCC1)c1cccc(Br)c1. The van der Waals surface area contributed by atoms with Gasteiger partial charge in [-0.25, -0.2) is 0 Å². The van der Waals surface area contributed by atoms with Crippen molar-refractivity contribution in [1.82, 2.24) is 5.32 Å². The van der Waals surface area contributed by atoms with Crippen molar-refractivity contribution in [2.75, 3.05) is 0 Å². The molecule has 1 aromatic carbocycles. The summed E-state index contributed by atoms with van der Waals surface area (Å²) in [6.07, 6.45) is 6.54. The van der Waals surface area contributed by atoms with Gasteiger partial charge in [0.1, 0.15) is 6.04 Å². The molecule has 2 amide bonds. The van der Waals surface area contributed by atoms with Gasteiger partial charge in [-0.05, 0) is 36.5 Å². The van der Waals surface area contributed by atoms with E-state index in [0.29, 0.717) is 12.0 Å². The van der Waals surface area contributed by atoms with Crippen molar-refractivity contribution in [3.05, 3.63) is 46.5 Å². The Hall–Kier alpha value is -1.62. The second kappa shape index (κ2) is 6.70. The minimum Gasteiger partial charge on any atom is -0.368 e. The van der Waals surface area contributed by atoms with Crippen LogP contribution in [-0.4, -0.2) is 11.8 Å². The zero-order valence-electron chi connectivity index (χ0n) is 11.0. The maximum atomic E-state index is 12.0. The standard InChI is InChI=1S/C15H17BrN2O2/c16-12-7-3-6-11(9-12)14(15(17)20)18-13(19)8-10-4-1-2-5-10/h1,3-4,6-7,9-10,14H,2,5,8H2,(H2,17,20)(H,18,19). The average molecular weight is 337 g/mol. The Morgan fingerprint density at radius 1 is 1.45 bits per heavy atom. The van der Waals surface area contributed by atoms with E-state index in [1.807, 2.05) is 6.07 Å². The summed E-state index contributed by atoms with van der Waals surface area (Å²) in [5.74, 6) is -0.435. The molecule has 0 fully saturated rings. The molecule has 2 atom stereocenters. The van der Waals surface area contributed by atoms with Crippen LogP contribution in [0.25, 0.3) is 0 Å². The molecule has 0 bridgehead atoms. The second-order valence-electron chi connectivity index (χ2n) is 4.93. The van der Waals surface area contributed by atoms with Crippen molar-refractivity contribution in [3.8, 4) is 0 Å². The lowest BCUT2D eigenvalue weighted by molar-refractivity contribution is -0.127. The molecule has 1 aromatic rings. The first-order valence-corrected chi connectivity index (χ1v) is 7.36. The van der Waals surface area contributed by atoms with Crippen LogP contribution in [0, 0.1) is 5.92 Å². The van der Waals surface area contributed by atoms with Crippen molar-refractivity contribution >= 4 is 27.7 Å². The largest absolute Gasteiger partial charge is 0.368 e. The number of benzene rings is 1. The van der Waals surface area contributed by atoms with Gasteiger partial charge in [0.2, 0.25) is 11.8 Å². The van der Waals surface area contributed by atoms with Crippen molar-refractivity contribution in [2.45, 2.75) is 25.3 Å². The van der Waals surface area contributed by atoms with E-state index < -0.39 is 11.9 Å². The minimum absolute atomic E-state index is 0.148. The van der Waals surface area contributed by atoms with Crippen LogP contribution in [0.2, 0.25) is 0 Å². The van der Waals surface area contributed by atoms with Crippen LogP contribution >= 0.6 is 15.9 Å². The summed E-state index contributed by atoms with van der Waals surface area (Å²) in [5, 5.41) is 2.72. The van der Waals surface area contributed by atoms with Gasteiger partial charge >= 0.3 is 0 Å². The number of amides is 2. The van der Waals surface area contributed by atoms with E-state index in [4.69, 9.17) is 5.73 Å². The molecule has 0 saturated heterocycles. The van der Waals surface area contributed by atoms with Gasteiger partial charge in [0.25, 0.3) is 0 Å². The summed E-state index contributed by atoms with van der Waals surface area (Å²) in [6.45, 7) is 0. The van der Waals surface area contributed by atoms with Gasteiger partial charge < -0.3 is 11.1 Å². The van der Waals surface area contributed by atoms with Crippen LogP contribution in [0.5, 0.6) is 0 Å². The van der Waals surface area contributed by atoms with Crippen molar-refractivity contribution < 1.29 is 9.59 Å². The predicted octanol–water partition coefficient (Wildman–Crippen LogP) is 2.45. The van der Waals surface area contributed by atoms with E-state index in [9.17, 15) is 9.59 Å². The summed E-state index contributed by atoms with van der Waals surface area (Å²) in [7, 11) is 0. The number of hydrogen-bond donors (Lipinski definition) is 2. The first kappa shape index (κ1) is 14.8. The highest BCUT2D eigenvalue weighted by molar-refractivity contribution is 9.10. The first-order valence-electron chi connectivity index (χ1n) is 6.57. The van der Waals surface area contributed by atoms with Gasteiger partial charge in [0, 0.05) is 10.9 Å². The Morgan fingerprint density at radius 3 is 2.85 bits per heavy atom. The molecule has 5 heteroatoms. The minimum atomic E-state index is -0.787. The van der Waals surface area contributed by atoms with Crippen molar-refractivity contribution in [3.63, 3.8) is 0 Å². The number of carbonyl (C=O) groups excluding carboxylic acids is 2. The van der Waals surface area contributed by atoms with Crippen molar-refractivity contribution in [1.29, 1.82) is 0 Å². The molecule has 0 aliphatic heterocycles. The molecule has 0 saturated carbocycles. The van der Waals surface area contributed by atoms with Gasteiger partial charge in [-0.1, -0.05) is 40.2 Å². The van der Waals surface area contributed by atoms with Crippen molar-refractivity contribution in [2.24, 2.45) is 11.7 Å². The summed E-state index contributed by atoms with van der Waals surface area (Å²) in [4.78, 5) is 23.6. The molecule has 2 unspecified atom stereocenters. The van der Waals surface area contributed by atoms with E-state index >= 15 is 0 Å². The third-order valence-electron chi connectivity index (χ3n) is 3.33. The van der Waals surface area contributed by atoms with Gasteiger partial charge in [-0.2, -0.15) is 0 Å². The highest BCUT2D eigenvalue weighted by Gasteiger charge is 2.22. The second-order valence-corrected chi connectivity index (χ2v) is 5.84. The Balaban J connectivity index is 2.04. The van der Waals surface area contributed by atoms with Gasteiger partial charge in [0.05, 0.1) is 0 Å². The lowest BCUT2D eigenvalue weighted by Crippen LogP contribution is -2.38. The summed E-state index contributed by atoms with van der Waals surface area (Å²) < 4.78 is 0.842. The number of primary amides is 1. The molecule has 0 radical (unpaired) electrons. The van der Waals surface area contributed by atoms with E-state index in [0.717, 1.165) is 17.3 Å². The Bertz CT molecular complexity index is 542. The molecule has 0 aromatic heterocycles. The van der Waals surface area contributed by atoms with Crippen LogP contribution in [-0.2, 0) is 9.59 Å². The first-order chi connectivity index (χ1) is 9.56. The quantitative estimate of drug-likeness (QED) is 0.810. The predicted molar refractivity (Wildman–Crippen MR) is 80.7 cm³/mol. The number of rotatable bonds is 5. The monoisotopic (exact) mass is 336 g/mol. The van der Waals surface area contributed by atoms with Gasteiger partial charge in [-0.3, -0.25) is 9.59 Å². The molecule has 1 aliphatic carbocycles. The van der Waals surface area contributed by atoms with Crippen LogP contribution in [0.15, 0.2) is 40.9 Å². The van der Waals surface area contributed by atoms with E-state index in [-0.39, 0.29) is 11.8 Å². The number of nitrogens with two attached hydrogens (primary N) is 1. The molecule has 0 heterocycles. The number of hydrogen-bond acceptors (Lipinski definition) is 2. The fourth-order valence-electron chi connectivity index (χ4n) is 2.33. The molecular formula is C15H17BrN2O2. The molecule has 4 nitrogen and oxygen atoms in total. The highest BCUT2D eigenvalue weighted by atomic mass is 79.9. The number of carbonyl (C=O) groups is 2. The maximum absolute atomic E-state index is 12.0. The molecule has 1 aliphatic rings. The third-order valence-corrected chi connectivity index (χ3v) is 3.83. The maximum Gasteiger partial charge on any atom is 0.244 e. The lowest BCUT2D eigenvalue weighted by Gasteiger charge is -2.17. The van der Waals surface area contributed by atoms with E-state index in [1.165, 1.54) is 0 Å². The average Bonchev–Trinajstić information content (AvgIpc) is 2.88. The summed E-state index contributed by atoms with van der Waals surface area (Å²) in [5.41, 5.74) is 6.07. The fourth-order valence-corrected chi connectivity index (χ4v) is 2.75. The summed E-state index contributed by atoms with van der Waals surface area (Å²) in [6, 6.07) is 6.43. The molecule has 2 rings (SSSR count). The Morgan fingerprint density at radius 2 is 2.25 bits per heavy atom. The lowest BCUT2D eigenvalue weighted by atomic mass is 10.0. The fraction of sp³-hybridized carbons (Fsp3) is 0.333. The number of halogens is 1. The van der Waals surface area contributed by atoms with Crippen LogP contribution in [0.3, 0.4) is 0 Å². The summed E-state index contributed by atoms with van der Waals surface area (Å²) >= 11 is 3.34. The van der Waals surface area contributed by atoms with E-state index in [1.54, 1.807) is 18.2 Å². The third kappa shape index (κ3) is 3.93. The molecule has 106 valence electrons. The molecule has 3 N–H and O–H groups in total. The van der Waals surface area contributed by atoms with Gasteiger partial charge in [-0.15, -0.1) is 0 Å². The topological polar surface area (TPSA) is 72.2 Å². The molecular weight excluding hydrogens is 320 g/mol. The van der Waals surface area contributed by atoms with Crippen LogP contribution in [0.4, 0.5) is 0 Å². The zero-order valence-corrected chi connectivity index (χ0v) is 12.6.